The summed E-state index contributed by atoms with van der Waals surface area (Å²) >= 11 is 3.46. The molecular formula is C12H18BrN3. The molecule has 4 heteroatoms. The minimum absolute atomic E-state index is 0.647. The van der Waals surface area contributed by atoms with Crippen LogP contribution in [0.25, 0.3) is 0 Å². The Kier molecular flexibility index (Phi) is 4.32. The first-order chi connectivity index (χ1) is 7.78. The van der Waals surface area contributed by atoms with E-state index in [4.69, 9.17) is 0 Å². The van der Waals surface area contributed by atoms with Crippen LogP contribution in [0.5, 0.6) is 0 Å². The van der Waals surface area contributed by atoms with Gasteiger partial charge < -0.3 is 5.32 Å². The van der Waals surface area contributed by atoms with Gasteiger partial charge in [-0.15, -0.1) is 0 Å². The summed E-state index contributed by atoms with van der Waals surface area (Å²) in [7, 11) is 2.05. The van der Waals surface area contributed by atoms with Gasteiger partial charge in [0.1, 0.15) is 0 Å². The number of hydrogen-bond donors (Lipinski definition) is 1. The van der Waals surface area contributed by atoms with Crippen molar-refractivity contribution in [2.24, 2.45) is 0 Å². The zero-order valence-corrected chi connectivity index (χ0v) is 11.2. The molecule has 0 radical (unpaired) electrons. The van der Waals surface area contributed by atoms with Crippen molar-refractivity contribution in [3.63, 3.8) is 0 Å². The van der Waals surface area contributed by atoms with E-state index in [1.807, 2.05) is 12.4 Å². The number of hydrogen-bond acceptors (Lipinski definition) is 3. The summed E-state index contributed by atoms with van der Waals surface area (Å²) in [5.74, 6) is 0. The van der Waals surface area contributed by atoms with Crippen LogP contribution in [0.15, 0.2) is 22.9 Å². The highest BCUT2D eigenvalue weighted by molar-refractivity contribution is 9.10. The quantitative estimate of drug-likeness (QED) is 0.920. The maximum Gasteiger partial charge on any atom is 0.0410 e. The zero-order valence-electron chi connectivity index (χ0n) is 9.62. The van der Waals surface area contributed by atoms with Crippen LogP contribution in [0.3, 0.4) is 0 Å². The number of nitrogens with one attached hydrogen (secondary N) is 1. The summed E-state index contributed by atoms with van der Waals surface area (Å²) in [5.41, 5.74) is 1.28. The number of aromatic nitrogens is 1. The Morgan fingerprint density at radius 1 is 1.56 bits per heavy atom. The van der Waals surface area contributed by atoms with Crippen LogP contribution in [0.4, 0.5) is 0 Å². The Balaban J connectivity index is 1.94. The van der Waals surface area contributed by atoms with Crippen molar-refractivity contribution >= 4 is 15.9 Å². The smallest absolute Gasteiger partial charge is 0.0410 e. The molecule has 2 rings (SSSR count). The molecule has 0 aromatic carbocycles. The van der Waals surface area contributed by atoms with E-state index < -0.39 is 0 Å². The Hall–Kier alpha value is -0.450. The van der Waals surface area contributed by atoms with Gasteiger partial charge in [-0.2, -0.15) is 0 Å². The summed E-state index contributed by atoms with van der Waals surface area (Å²) in [6, 6.07) is 2.80. The maximum absolute atomic E-state index is 4.20. The monoisotopic (exact) mass is 283 g/mol. The molecule has 1 N–H and O–H groups in total. The number of rotatable bonds is 3. The number of likely N-dealkylation sites (N-methyl/N-ethyl adjacent to an activating group) is 1. The van der Waals surface area contributed by atoms with Gasteiger partial charge in [-0.1, -0.05) is 0 Å². The minimum Gasteiger partial charge on any atom is -0.316 e. The SMILES string of the molecule is CNC1CCCN(Cc2cncc(Br)c2)C1. The summed E-state index contributed by atoms with van der Waals surface area (Å²) in [5, 5.41) is 3.36. The van der Waals surface area contributed by atoms with E-state index in [1.54, 1.807) is 0 Å². The average Bonchev–Trinajstić information content (AvgIpc) is 2.29. The molecule has 1 saturated heterocycles. The van der Waals surface area contributed by atoms with Gasteiger partial charge in [0.2, 0.25) is 0 Å². The van der Waals surface area contributed by atoms with Gasteiger partial charge in [0.25, 0.3) is 0 Å². The van der Waals surface area contributed by atoms with Gasteiger partial charge in [0, 0.05) is 36.0 Å². The van der Waals surface area contributed by atoms with Crippen LogP contribution in [0.2, 0.25) is 0 Å². The van der Waals surface area contributed by atoms with Crippen molar-refractivity contribution < 1.29 is 0 Å². The van der Waals surface area contributed by atoms with Crippen molar-refractivity contribution in [1.82, 2.24) is 15.2 Å². The molecule has 1 aromatic heterocycles. The Labute approximate surface area is 105 Å². The Morgan fingerprint density at radius 2 is 2.44 bits per heavy atom. The largest absolute Gasteiger partial charge is 0.316 e. The number of piperidine rings is 1. The van der Waals surface area contributed by atoms with Gasteiger partial charge in [-0.3, -0.25) is 9.88 Å². The topological polar surface area (TPSA) is 28.2 Å². The summed E-state index contributed by atoms with van der Waals surface area (Å²) in [6.07, 6.45) is 6.36. The number of likely N-dealkylation sites (tertiary alicyclic amines) is 1. The lowest BCUT2D eigenvalue weighted by atomic mass is 10.1. The molecule has 3 nitrogen and oxygen atoms in total. The van der Waals surface area contributed by atoms with Gasteiger partial charge in [-0.05, 0) is 54.0 Å². The maximum atomic E-state index is 4.20. The first-order valence-electron chi connectivity index (χ1n) is 5.77. The minimum atomic E-state index is 0.647. The van der Waals surface area contributed by atoms with E-state index in [0.29, 0.717) is 6.04 Å². The molecule has 88 valence electrons. The van der Waals surface area contributed by atoms with E-state index in [2.05, 4.69) is 44.2 Å². The number of nitrogens with zero attached hydrogens (tertiary/aromatic N) is 2. The normalized spacial score (nSPS) is 22.2. The molecule has 0 amide bonds. The standard InChI is InChI=1S/C12H18BrN3/c1-14-12-3-2-4-16(9-12)8-10-5-11(13)7-15-6-10/h5-7,12,14H,2-4,8-9H2,1H3. The highest BCUT2D eigenvalue weighted by atomic mass is 79.9. The molecule has 16 heavy (non-hydrogen) atoms. The summed E-state index contributed by atoms with van der Waals surface area (Å²) in [4.78, 5) is 6.69. The van der Waals surface area contributed by atoms with E-state index in [9.17, 15) is 0 Å². The van der Waals surface area contributed by atoms with Crippen LogP contribution in [0.1, 0.15) is 18.4 Å². The van der Waals surface area contributed by atoms with Crippen molar-refractivity contribution in [3.8, 4) is 0 Å². The fourth-order valence-corrected chi connectivity index (χ4v) is 2.65. The molecule has 0 bridgehead atoms. The van der Waals surface area contributed by atoms with Crippen LogP contribution in [-0.2, 0) is 6.54 Å². The summed E-state index contributed by atoms with van der Waals surface area (Å²) in [6.45, 7) is 3.35. The molecule has 2 heterocycles. The van der Waals surface area contributed by atoms with Gasteiger partial charge in [-0.25, -0.2) is 0 Å². The molecule has 0 saturated carbocycles. The van der Waals surface area contributed by atoms with Crippen molar-refractivity contribution in [2.45, 2.75) is 25.4 Å². The van der Waals surface area contributed by atoms with E-state index >= 15 is 0 Å². The fourth-order valence-electron chi connectivity index (χ4n) is 2.24. The highest BCUT2D eigenvalue weighted by Crippen LogP contribution is 2.15. The van der Waals surface area contributed by atoms with Crippen molar-refractivity contribution in [3.05, 3.63) is 28.5 Å². The molecular weight excluding hydrogens is 266 g/mol. The molecule has 1 atom stereocenters. The first kappa shape index (κ1) is 12.0. The predicted octanol–water partition coefficient (Wildman–Crippen LogP) is 2.03. The lowest BCUT2D eigenvalue weighted by molar-refractivity contribution is 0.188. The van der Waals surface area contributed by atoms with E-state index in [-0.39, 0.29) is 0 Å². The van der Waals surface area contributed by atoms with Crippen LogP contribution in [0, 0.1) is 0 Å². The predicted molar refractivity (Wildman–Crippen MR) is 69.3 cm³/mol. The van der Waals surface area contributed by atoms with Crippen LogP contribution < -0.4 is 5.32 Å². The Bertz CT molecular complexity index is 343. The fraction of sp³-hybridized carbons (Fsp3) is 0.583. The summed E-state index contributed by atoms with van der Waals surface area (Å²) < 4.78 is 1.06. The number of halogens is 1. The third kappa shape index (κ3) is 3.27. The van der Waals surface area contributed by atoms with Crippen LogP contribution in [-0.4, -0.2) is 36.1 Å². The second kappa shape index (κ2) is 5.75. The van der Waals surface area contributed by atoms with Crippen LogP contribution >= 0.6 is 15.9 Å². The third-order valence-electron chi connectivity index (χ3n) is 3.08. The molecule has 0 aliphatic carbocycles. The van der Waals surface area contributed by atoms with Crippen molar-refractivity contribution in [1.29, 1.82) is 0 Å². The lowest BCUT2D eigenvalue weighted by Crippen LogP contribution is -2.43. The van der Waals surface area contributed by atoms with Crippen molar-refractivity contribution in [2.75, 3.05) is 20.1 Å². The highest BCUT2D eigenvalue weighted by Gasteiger charge is 2.18. The molecule has 1 aromatic rings. The molecule has 1 unspecified atom stereocenters. The van der Waals surface area contributed by atoms with E-state index in [0.717, 1.165) is 17.6 Å². The molecule has 1 fully saturated rings. The van der Waals surface area contributed by atoms with Gasteiger partial charge >= 0.3 is 0 Å². The average molecular weight is 284 g/mol. The molecule has 1 aliphatic heterocycles. The second-order valence-corrected chi connectivity index (χ2v) is 5.29. The van der Waals surface area contributed by atoms with E-state index in [1.165, 1.54) is 24.9 Å². The van der Waals surface area contributed by atoms with Gasteiger partial charge in [0.05, 0.1) is 0 Å². The second-order valence-electron chi connectivity index (χ2n) is 4.37. The Morgan fingerprint density at radius 3 is 3.19 bits per heavy atom. The lowest BCUT2D eigenvalue weighted by Gasteiger charge is -2.32. The third-order valence-corrected chi connectivity index (χ3v) is 3.52. The van der Waals surface area contributed by atoms with Gasteiger partial charge in [0.15, 0.2) is 0 Å². The molecule has 1 aliphatic rings. The number of pyridine rings is 1. The zero-order chi connectivity index (χ0) is 11.4. The first-order valence-corrected chi connectivity index (χ1v) is 6.56. The molecule has 0 spiro atoms.